The second-order valence-corrected chi connectivity index (χ2v) is 7.83. The van der Waals surface area contributed by atoms with Crippen LogP contribution in [0.4, 0.5) is 17.3 Å². The van der Waals surface area contributed by atoms with Gasteiger partial charge >= 0.3 is 0 Å². The van der Waals surface area contributed by atoms with Gasteiger partial charge in [0.2, 0.25) is 11.9 Å². The SMILES string of the molecule is C[C@H](C(=O)Nc1ccc(N2CCCCC2)cc1)N1CCN(c2ncccn2)CC1. The van der Waals surface area contributed by atoms with Crippen molar-refractivity contribution in [3.63, 3.8) is 0 Å². The summed E-state index contributed by atoms with van der Waals surface area (Å²) in [6, 6.07) is 9.91. The number of hydrogen-bond donors (Lipinski definition) is 1. The zero-order valence-electron chi connectivity index (χ0n) is 17.1. The zero-order valence-corrected chi connectivity index (χ0v) is 17.1. The maximum Gasteiger partial charge on any atom is 0.241 e. The van der Waals surface area contributed by atoms with E-state index < -0.39 is 0 Å². The minimum atomic E-state index is -0.171. The van der Waals surface area contributed by atoms with E-state index in [-0.39, 0.29) is 11.9 Å². The quantitative estimate of drug-likeness (QED) is 0.841. The molecule has 0 unspecified atom stereocenters. The monoisotopic (exact) mass is 394 g/mol. The molecule has 1 amide bonds. The number of nitrogens with zero attached hydrogens (tertiary/aromatic N) is 5. The van der Waals surface area contributed by atoms with Gasteiger partial charge in [0.05, 0.1) is 6.04 Å². The highest BCUT2D eigenvalue weighted by Crippen LogP contribution is 2.22. The third-order valence-corrected chi connectivity index (χ3v) is 5.93. The number of carbonyl (C=O) groups is 1. The van der Waals surface area contributed by atoms with Crippen LogP contribution in [0.5, 0.6) is 0 Å². The normalized spacial score (nSPS) is 19.1. The van der Waals surface area contributed by atoms with E-state index in [0.717, 1.165) is 50.9 Å². The number of rotatable bonds is 5. The van der Waals surface area contributed by atoms with Gasteiger partial charge in [0.1, 0.15) is 0 Å². The maximum absolute atomic E-state index is 12.7. The van der Waals surface area contributed by atoms with Crippen LogP contribution in [0.25, 0.3) is 0 Å². The molecule has 7 nitrogen and oxygen atoms in total. The van der Waals surface area contributed by atoms with E-state index in [4.69, 9.17) is 0 Å². The molecule has 154 valence electrons. The molecule has 2 aliphatic heterocycles. The van der Waals surface area contributed by atoms with Gasteiger partial charge in [-0.2, -0.15) is 0 Å². The molecule has 1 N–H and O–H groups in total. The van der Waals surface area contributed by atoms with Crippen molar-refractivity contribution in [1.29, 1.82) is 0 Å². The van der Waals surface area contributed by atoms with Crippen molar-refractivity contribution in [3.05, 3.63) is 42.7 Å². The van der Waals surface area contributed by atoms with Crippen molar-refractivity contribution in [2.24, 2.45) is 0 Å². The average Bonchev–Trinajstić information content (AvgIpc) is 2.80. The third kappa shape index (κ3) is 4.85. The van der Waals surface area contributed by atoms with Crippen LogP contribution in [0.15, 0.2) is 42.7 Å². The number of aromatic nitrogens is 2. The lowest BCUT2D eigenvalue weighted by Crippen LogP contribution is -2.53. The lowest BCUT2D eigenvalue weighted by Gasteiger charge is -2.37. The summed E-state index contributed by atoms with van der Waals surface area (Å²) < 4.78 is 0. The Hall–Kier alpha value is -2.67. The first kappa shape index (κ1) is 19.6. The largest absolute Gasteiger partial charge is 0.372 e. The summed E-state index contributed by atoms with van der Waals surface area (Å²) in [6.45, 7) is 7.53. The predicted molar refractivity (Wildman–Crippen MR) is 116 cm³/mol. The highest BCUT2D eigenvalue weighted by molar-refractivity contribution is 5.94. The molecule has 0 spiro atoms. The number of piperazine rings is 1. The van der Waals surface area contributed by atoms with Gasteiger partial charge in [0, 0.05) is 63.0 Å². The second kappa shape index (κ2) is 9.22. The van der Waals surface area contributed by atoms with Crippen LogP contribution in [0.2, 0.25) is 0 Å². The molecule has 7 heteroatoms. The molecular weight excluding hydrogens is 364 g/mol. The standard InChI is InChI=1S/C22H30N6O/c1-18(26-14-16-28(17-15-26)22-23-10-5-11-24-22)21(29)25-19-6-8-20(9-7-19)27-12-3-2-4-13-27/h5-11,18H,2-4,12-17H2,1H3,(H,25,29)/t18-/m1/s1. The van der Waals surface area contributed by atoms with Crippen molar-refractivity contribution >= 4 is 23.2 Å². The minimum absolute atomic E-state index is 0.0418. The zero-order chi connectivity index (χ0) is 20.1. The fourth-order valence-corrected chi connectivity index (χ4v) is 4.08. The summed E-state index contributed by atoms with van der Waals surface area (Å²) >= 11 is 0. The van der Waals surface area contributed by atoms with E-state index in [1.54, 1.807) is 12.4 Å². The van der Waals surface area contributed by atoms with E-state index in [9.17, 15) is 4.79 Å². The first-order valence-electron chi connectivity index (χ1n) is 10.6. The number of anilines is 3. The molecule has 0 aliphatic carbocycles. The summed E-state index contributed by atoms with van der Waals surface area (Å²) in [5, 5.41) is 3.07. The second-order valence-electron chi connectivity index (χ2n) is 7.83. The van der Waals surface area contributed by atoms with Crippen LogP contribution in [-0.4, -0.2) is 66.1 Å². The Morgan fingerprint density at radius 2 is 1.55 bits per heavy atom. The van der Waals surface area contributed by atoms with Crippen molar-refractivity contribution < 1.29 is 4.79 Å². The molecule has 4 rings (SSSR count). The molecule has 2 saturated heterocycles. The summed E-state index contributed by atoms with van der Waals surface area (Å²) in [4.78, 5) is 28.2. The minimum Gasteiger partial charge on any atom is -0.372 e. The van der Waals surface area contributed by atoms with Crippen molar-refractivity contribution in [2.45, 2.75) is 32.2 Å². The van der Waals surface area contributed by atoms with E-state index in [1.165, 1.54) is 24.9 Å². The number of carbonyl (C=O) groups excluding carboxylic acids is 1. The Balaban J connectivity index is 1.28. The predicted octanol–water partition coefficient (Wildman–Crippen LogP) is 2.62. The fraction of sp³-hybridized carbons (Fsp3) is 0.500. The van der Waals surface area contributed by atoms with Gasteiger partial charge in [-0.05, 0) is 56.5 Å². The van der Waals surface area contributed by atoms with Gasteiger partial charge in [-0.25, -0.2) is 9.97 Å². The van der Waals surface area contributed by atoms with Gasteiger partial charge in [-0.3, -0.25) is 9.69 Å². The van der Waals surface area contributed by atoms with Crippen LogP contribution < -0.4 is 15.1 Å². The van der Waals surface area contributed by atoms with E-state index >= 15 is 0 Å². The number of hydrogen-bond acceptors (Lipinski definition) is 6. The number of amides is 1. The Kier molecular flexibility index (Phi) is 6.24. The Morgan fingerprint density at radius 1 is 0.897 bits per heavy atom. The van der Waals surface area contributed by atoms with Gasteiger partial charge in [-0.15, -0.1) is 0 Å². The molecule has 3 heterocycles. The third-order valence-electron chi connectivity index (χ3n) is 5.93. The maximum atomic E-state index is 12.7. The highest BCUT2D eigenvalue weighted by Gasteiger charge is 2.26. The molecule has 2 fully saturated rings. The summed E-state index contributed by atoms with van der Waals surface area (Å²) in [7, 11) is 0. The Labute approximate surface area is 172 Å². The summed E-state index contributed by atoms with van der Waals surface area (Å²) in [5.41, 5.74) is 2.11. The Morgan fingerprint density at radius 3 is 2.21 bits per heavy atom. The number of nitrogens with one attached hydrogen (secondary N) is 1. The van der Waals surface area contributed by atoms with Crippen LogP contribution in [-0.2, 0) is 4.79 Å². The number of benzene rings is 1. The molecule has 1 aromatic carbocycles. The molecule has 1 atom stereocenters. The van der Waals surface area contributed by atoms with E-state index in [0.29, 0.717) is 0 Å². The fourth-order valence-electron chi connectivity index (χ4n) is 4.08. The van der Waals surface area contributed by atoms with Crippen LogP contribution in [0.3, 0.4) is 0 Å². The van der Waals surface area contributed by atoms with Crippen LogP contribution in [0.1, 0.15) is 26.2 Å². The first-order valence-corrected chi connectivity index (χ1v) is 10.6. The molecule has 0 saturated carbocycles. The van der Waals surface area contributed by atoms with Gasteiger partial charge in [0.25, 0.3) is 0 Å². The van der Waals surface area contributed by atoms with Crippen molar-refractivity contribution in [3.8, 4) is 0 Å². The molecule has 1 aromatic heterocycles. The lowest BCUT2D eigenvalue weighted by atomic mass is 10.1. The number of piperidine rings is 1. The molecule has 29 heavy (non-hydrogen) atoms. The highest BCUT2D eigenvalue weighted by atomic mass is 16.2. The molecule has 0 radical (unpaired) electrons. The Bertz CT molecular complexity index is 783. The van der Waals surface area contributed by atoms with Crippen LogP contribution in [0, 0.1) is 0 Å². The lowest BCUT2D eigenvalue weighted by molar-refractivity contribution is -0.120. The summed E-state index contributed by atoms with van der Waals surface area (Å²) in [5.74, 6) is 0.804. The average molecular weight is 395 g/mol. The summed E-state index contributed by atoms with van der Waals surface area (Å²) in [6.07, 6.45) is 7.39. The van der Waals surface area contributed by atoms with Crippen molar-refractivity contribution in [1.82, 2.24) is 14.9 Å². The topological polar surface area (TPSA) is 64.6 Å². The van der Waals surface area contributed by atoms with Gasteiger partial charge in [-0.1, -0.05) is 0 Å². The van der Waals surface area contributed by atoms with Crippen molar-refractivity contribution in [2.75, 3.05) is 54.4 Å². The van der Waals surface area contributed by atoms with E-state index in [1.807, 2.05) is 25.1 Å². The van der Waals surface area contributed by atoms with Gasteiger partial charge in [0.15, 0.2) is 0 Å². The van der Waals surface area contributed by atoms with E-state index in [2.05, 4.69) is 42.1 Å². The molecular formula is C22H30N6O. The molecule has 2 aromatic rings. The smallest absolute Gasteiger partial charge is 0.241 e. The molecule has 2 aliphatic rings. The van der Waals surface area contributed by atoms with Crippen LogP contribution >= 0.6 is 0 Å². The molecule has 0 bridgehead atoms. The first-order chi connectivity index (χ1) is 14.2. The van der Waals surface area contributed by atoms with Gasteiger partial charge < -0.3 is 15.1 Å².